The molecule has 0 amide bonds. The van der Waals surface area contributed by atoms with Crippen molar-refractivity contribution in [1.82, 2.24) is 9.78 Å². The normalized spacial score (nSPS) is 12.5. The fourth-order valence-electron chi connectivity index (χ4n) is 1.07. The first-order valence-electron chi connectivity index (χ1n) is 4.09. The Labute approximate surface area is 84.5 Å². The molecule has 0 bridgehead atoms. The standard InChI is InChI=1S/C8H11F3N2S/c1-5(2)6-4-12-13(3)7(6)14-8(9,10)11/h4-5H,1-3H3. The Kier molecular flexibility index (Phi) is 3.14. The highest BCUT2D eigenvalue weighted by Crippen LogP contribution is 2.39. The molecule has 0 unspecified atom stereocenters. The van der Waals surface area contributed by atoms with Crippen molar-refractivity contribution < 1.29 is 13.2 Å². The van der Waals surface area contributed by atoms with Crippen molar-refractivity contribution in [2.24, 2.45) is 7.05 Å². The van der Waals surface area contributed by atoms with E-state index in [1.807, 2.05) is 13.8 Å². The van der Waals surface area contributed by atoms with E-state index >= 15 is 0 Å². The van der Waals surface area contributed by atoms with Gasteiger partial charge in [-0.1, -0.05) is 13.8 Å². The first-order valence-corrected chi connectivity index (χ1v) is 4.90. The zero-order chi connectivity index (χ0) is 10.9. The Morgan fingerprint density at radius 2 is 2.00 bits per heavy atom. The van der Waals surface area contributed by atoms with E-state index in [2.05, 4.69) is 5.10 Å². The smallest absolute Gasteiger partial charge is 0.262 e. The molecule has 0 aliphatic rings. The highest BCUT2D eigenvalue weighted by molar-refractivity contribution is 8.00. The number of halogens is 3. The van der Waals surface area contributed by atoms with Crippen LogP contribution in [0.2, 0.25) is 0 Å². The van der Waals surface area contributed by atoms with Crippen LogP contribution in [0.3, 0.4) is 0 Å². The molecule has 6 heteroatoms. The molecule has 0 saturated heterocycles. The first-order chi connectivity index (χ1) is 6.31. The lowest BCUT2D eigenvalue weighted by Gasteiger charge is -2.09. The molecule has 0 aliphatic heterocycles. The van der Waals surface area contributed by atoms with Crippen LogP contribution >= 0.6 is 11.8 Å². The molecule has 0 aromatic carbocycles. The summed E-state index contributed by atoms with van der Waals surface area (Å²) >= 11 is -0.111. The molecule has 0 fully saturated rings. The van der Waals surface area contributed by atoms with Gasteiger partial charge in [0, 0.05) is 24.4 Å². The van der Waals surface area contributed by atoms with Crippen molar-refractivity contribution in [3.63, 3.8) is 0 Å². The lowest BCUT2D eigenvalue weighted by Crippen LogP contribution is -2.04. The van der Waals surface area contributed by atoms with Crippen molar-refractivity contribution in [3.05, 3.63) is 11.8 Å². The Hall–Kier alpha value is -0.650. The molecule has 0 aliphatic carbocycles. The van der Waals surface area contributed by atoms with Gasteiger partial charge in [0.1, 0.15) is 5.03 Å². The van der Waals surface area contributed by atoms with Gasteiger partial charge >= 0.3 is 5.51 Å². The van der Waals surface area contributed by atoms with Crippen LogP contribution in [0, 0.1) is 0 Å². The second-order valence-electron chi connectivity index (χ2n) is 3.23. The first kappa shape index (κ1) is 11.4. The monoisotopic (exact) mass is 224 g/mol. The molecule has 1 rings (SSSR count). The second-order valence-corrected chi connectivity index (χ2v) is 4.28. The van der Waals surface area contributed by atoms with E-state index in [9.17, 15) is 13.2 Å². The fraction of sp³-hybridized carbons (Fsp3) is 0.625. The molecular weight excluding hydrogens is 213 g/mol. The van der Waals surface area contributed by atoms with Gasteiger partial charge in [0.2, 0.25) is 0 Å². The van der Waals surface area contributed by atoms with Crippen LogP contribution in [0.1, 0.15) is 25.3 Å². The number of nitrogens with zero attached hydrogens (tertiary/aromatic N) is 2. The van der Waals surface area contributed by atoms with Gasteiger partial charge in [-0.15, -0.1) is 0 Å². The van der Waals surface area contributed by atoms with Crippen LogP contribution in [-0.4, -0.2) is 15.3 Å². The quantitative estimate of drug-likeness (QED) is 0.718. The Balaban J connectivity index is 3.00. The number of alkyl halides is 3. The molecule has 80 valence electrons. The summed E-state index contributed by atoms with van der Waals surface area (Å²) in [4.78, 5) is 0. The predicted octanol–water partition coefficient (Wildman–Crippen LogP) is 3.16. The number of hydrogen-bond donors (Lipinski definition) is 0. The minimum absolute atomic E-state index is 0.0496. The third-order valence-corrected chi connectivity index (χ3v) is 2.67. The summed E-state index contributed by atoms with van der Waals surface area (Å²) in [6.45, 7) is 3.69. The van der Waals surface area contributed by atoms with Gasteiger partial charge < -0.3 is 0 Å². The van der Waals surface area contributed by atoms with Crippen molar-refractivity contribution >= 4 is 11.8 Å². The third kappa shape index (κ3) is 2.67. The summed E-state index contributed by atoms with van der Waals surface area (Å²) in [5.41, 5.74) is -3.62. The highest BCUT2D eigenvalue weighted by atomic mass is 32.2. The van der Waals surface area contributed by atoms with E-state index in [1.165, 1.54) is 17.9 Å². The fourth-order valence-corrected chi connectivity index (χ4v) is 1.88. The molecule has 0 spiro atoms. The second kappa shape index (κ2) is 3.84. The van der Waals surface area contributed by atoms with Crippen molar-refractivity contribution in [2.45, 2.75) is 30.3 Å². The van der Waals surface area contributed by atoms with Crippen LogP contribution in [0.15, 0.2) is 11.2 Å². The van der Waals surface area contributed by atoms with E-state index < -0.39 is 5.51 Å². The highest BCUT2D eigenvalue weighted by Gasteiger charge is 2.32. The van der Waals surface area contributed by atoms with Gasteiger partial charge in [-0.2, -0.15) is 18.3 Å². The van der Waals surface area contributed by atoms with Crippen LogP contribution in [-0.2, 0) is 7.05 Å². The minimum Gasteiger partial charge on any atom is -0.262 e. The maximum absolute atomic E-state index is 12.2. The van der Waals surface area contributed by atoms with E-state index in [-0.39, 0.29) is 22.7 Å². The summed E-state index contributed by atoms with van der Waals surface area (Å²) in [7, 11) is 1.51. The maximum atomic E-state index is 12.2. The lowest BCUT2D eigenvalue weighted by atomic mass is 10.1. The Morgan fingerprint density at radius 1 is 1.43 bits per heavy atom. The molecule has 2 nitrogen and oxygen atoms in total. The number of aryl methyl sites for hydroxylation is 1. The Bertz CT molecular complexity index is 317. The van der Waals surface area contributed by atoms with Crippen LogP contribution in [0.4, 0.5) is 13.2 Å². The minimum atomic E-state index is -4.25. The summed E-state index contributed by atoms with van der Waals surface area (Å²) in [6.07, 6.45) is 1.48. The van der Waals surface area contributed by atoms with Gasteiger partial charge in [-0.3, -0.25) is 4.68 Å². The molecule has 14 heavy (non-hydrogen) atoms. The molecule has 1 aromatic rings. The average Bonchev–Trinajstić information content (AvgIpc) is 2.29. The maximum Gasteiger partial charge on any atom is 0.447 e. The van der Waals surface area contributed by atoms with Crippen molar-refractivity contribution in [2.75, 3.05) is 0 Å². The molecule has 0 saturated carbocycles. The van der Waals surface area contributed by atoms with Crippen molar-refractivity contribution in [1.29, 1.82) is 0 Å². The molecule has 1 aromatic heterocycles. The van der Waals surface area contributed by atoms with Crippen LogP contribution < -0.4 is 0 Å². The molecule has 1 heterocycles. The SMILES string of the molecule is CC(C)c1cnn(C)c1SC(F)(F)F. The zero-order valence-electron chi connectivity index (χ0n) is 8.09. The van der Waals surface area contributed by atoms with Gasteiger partial charge in [0.15, 0.2) is 0 Å². The summed E-state index contributed by atoms with van der Waals surface area (Å²) in [5.74, 6) is 0.0496. The van der Waals surface area contributed by atoms with Crippen LogP contribution in [0.25, 0.3) is 0 Å². The van der Waals surface area contributed by atoms with Gasteiger partial charge in [-0.05, 0) is 5.92 Å². The van der Waals surface area contributed by atoms with Crippen LogP contribution in [0.5, 0.6) is 0 Å². The number of thioether (sulfide) groups is 1. The van der Waals surface area contributed by atoms with Crippen molar-refractivity contribution in [3.8, 4) is 0 Å². The third-order valence-electron chi connectivity index (χ3n) is 1.75. The summed E-state index contributed by atoms with van der Waals surface area (Å²) < 4.78 is 37.7. The number of rotatable bonds is 2. The topological polar surface area (TPSA) is 17.8 Å². The van der Waals surface area contributed by atoms with E-state index in [1.54, 1.807) is 0 Å². The van der Waals surface area contributed by atoms with E-state index in [4.69, 9.17) is 0 Å². The van der Waals surface area contributed by atoms with Gasteiger partial charge in [0.05, 0.1) is 6.20 Å². The molecule has 0 atom stereocenters. The van der Waals surface area contributed by atoms with Gasteiger partial charge in [-0.25, -0.2) is 0 Å². The van der Waals surface area contributed by atoms with E-state index in [0.29, 0.717) is 5.56 Å². The largest absolute Gasteiger partial charge is 0.447 e. The van der Waals surface area contributed by atoms with Gasteiger partial charge in [0.25, 0.3) is 0 Å². The predicted molar refractivity (Wildman–Crippen MR) is 49.2 cm³/mol. The van der Waals surface area contributed by atoms with E-state index in [0.717, 1.165) is 0 Å². The zero-order valence-corrected chi connectivity index (χ0v) is 8.91. The summed E-state index contributed by atoms with van der Waals surface area (Å²) in [5, 5.41) is 3.99. The molecular formula is C8H11F3N2S. The summed E-state index contributed by atoms with van der Waals surface area (Å²) in [6, 6.07) is 0. The molecule has 0 N–H and O–H groups in total. The molecule has 0 radical (unpaired) electrons. The lowest BCUT2D eigenvalue weighted by molar-refractivity contribution is -0.0331. The average molecular weight is 224 g/mol. The Morgan fingerprint density at radius 3 is 2.43 bits per heavy atom. The number of aromatic nitrogens is 2. The number of hydrogen-bond acceptors (Lipinski definition) is 2.